The smallest absolute Gasteiger partial charge is 0.264 e. The van der Waals surface area contributed by atoms with Crippen LogP contribution in [-0.4, -0.2) is 50.2 Å². The molecule has 0 heterocycles. The van der Waals surface area contributed by atoms with Crippen LogP contribution in [0.2, 0.25) is 0 Å². The van der Waals surface area contributed by atoms with Gasteiger partial charge in [0.1, 0.15) is 0 Å². The molecule has 0 saturated carbocycles. The van der Waals surface area contributed by atoms with E-state index in [4.69, 9.17) is 4.55 Å². The van der Waals surface area contributed by atoms with E-state index < -0.39 is 31.7 Å². The summed E-state index contributed by atoms with van der Waals surface area (Å²) < 4.78 is 54.5. The van der Waals surface area contributed by atoms with Gasteiger partial charge in [-0.1, -0.05) is 41.0 Å². The first kappa shape index (κ1) is 24.2. The van der Waals surface area contributed by atoms with Crippen LogP contribution in [-0.2, 0) is 31.7 Å². The highest BCUT2D eigenvalue weighted by Crippen LogP contribution is 2.26. The number of hydrogen-bond acceptors (Lipinski definition) is 4. The summed E-state index contributed by atoms with van der Waals surface area (Å²) in [5.41, 5.74) is -0.0956. The summed E-state index contributed by atoms with van der Waals surface area (Å²) in [6, 6.07) is 0. The highest BCUT2D eigenvalue weighted by Gasteiger charge is 2.22. The molecule has 0 bridgehead atoms. The lowest BCUT2D eigenvalue weighted by molar-refractivity contribution is 0.336. The van der Waals surface area contributed by atoms with Crippen molar-refractivity contribution in [3.8, 4) is 0 Å². The lowest BCUT2D eigenvalue weighted by Gasteiger charge is -2.23. The largest absolute Gasteiger partial charge is 0.286 e. The Labute approximate surface area is 153 Å². The minimum Gasteiger partial charge on any atom is -0.286 e. The van der Waals surface area contributed by atoms with Gasteiger partial charge < -0.3 is 0 Å². The van der Waals surface area contributed by atoms with Crippen LogP contribution in [0.4, 0.5) is 0 Å². The lowest BCUT2D eigenvalue weighted by atomic mass is 9.87. The van der Waals surface area contributed by atoms with E-state index in [9.17, 15) is 16.8 Å². The molecule has 146 valence electrons. The number of hydrogen-bond donors (Lipinski definition) is 1. The summed E-state index contributed by atoms with van der Waals surface area (Å²) in [7, 11) is -5.93. The maximum atomic E-state index is 12.1. The predicted octanol–water partition coefficient (Wildman–Crippen LogP) is 3.00. The van der Waals surface area contributed by atoms with E-state index in [1.165, 1.54) is 0 Å². The summed E-state index contributed by atoms with van der Waals surface area (Å²) in [6.07, 6.45) is 2.91. The van der Waals surface area contributed by atoms with E-state index >= 15 is 0 Å². The minimum absolute atomic E-state index is 0.200. The minimum atomic E-state index is -3.95. The van der Waals surface area contributed by atoms with Crippen molar-refractivity contribution < 1.29 is 21.4 Å². The Morgan fingerprint density at radius 2 is 1.21 bits per heavy atom. The topological polar surface area (TPSA) is 88.5 Å². The maximum Gasteiger partial charge on any atom is 0.264 e. The van der Waals surface area contributed by atoms with Gasteiger partial charge in [-0.05, 0) is 30.1 Å². The second-order valence-electron chi connectivity index (χ2n) is 7.91. The van der Waals surface area contributed by atoms with Gasteiger partial charge in [0.25, 0.3) is 10.1 Å². The number of rotatable bonds is 13. The van der Waals surface area contributed by atoms with Gasteiger partial charge in [-0.15, -0.1) is 0 Å². The van der Waals surface area contributed by atoms with E-state index in [0.29, 0.717) is 35.9 Å². The van der Waals surface area contributed by atoms with Gasteiger partial charge in [-0.2, -0.15) is 8.42 Å². The highest BCUT2D eigenvalue weighted by atomic mass is 32.2. The van der Waals surface area contributed by atoms with Crippen LogP contribution in [0.25, 0.3) is 0 Å². The van der Waals surface area contributed by atoms with Gasteiger partial charge in [0, 0.05) is 44.6 Å². The molecule has 2 unspecified atom stereocenters. The van der Waals surface area contributed by atoms with Crippen molar-refractivity contribution in [2.24, 2.45) is 10.8 Å². The Bertz CT molecular complexity index is 524. The summed E-state index contributed by atoms with van der Waals surface area (Å²) in [5, 5.41) is 0. The van der Waals surface area contributed by atoms with E-state index in [2.05, 4.69) is 20.8 Å². The molecule has 0 aliphatic heterocycles. The molecule has 0 rings (SSSR count). The second-order valence-corrected chi connectivity index (χ2v) is 12.9. The molecular weight excluding hydrogens is 368 g/mol. The van der Waals surface area contributed by atoms with E-state index in [1.54, 1.807) is 0 Å². The van der Waals surface area contributed by atoms with E-state index in [-0.39, 0.29) is 16.6 Å². The fourth-order valence-electron chi connectivity index (χ4n) is 1.88. The normalized spacial score (nSPS) is 16.1. The van der Waals surface area contributed by atoms with E-state index in [0.717, 1.165) is 12.8 Å². The van der Waals surface area contributed by atoms with Crippen LogP contribution in [0.3, 0.4) is 0 Å². The highest BCUT2D eigenvalue weighted by molar-refractivity contribution is 7.88. The van der Waals surface area contributed by atoms with Crippen LogP contribution in [0.5, 0.6) is 0 Å². The van der Waals surface area contributed by atoms with Crippen molar-refractivity contribution in [1.29, 1.82) is 0 Å². The van der Waals surface area contributed by atoms with Gasteiger partial charge in [0.15, 0.2) is 0 Å². The van der Waals surface area contributed by atoms with Crippen molar-refractivity contribution in [2.75, 3.05) is 28.8 Å². The van der Waals surface area contributed by atoms with Crippen LogP contribution in [0.1, 0.15) is 60.3 Å². The molecule has 0 aromatic rings. The summed E-state index contributed by atoms with van der Waals surface area (Å²) >= 11 is 0. The van der Waals surface area contributed by atoms with Gasteiger partial charge in [-0.3, -0.25) is 13.0 Å². The molecule has 2 atom stereocenters. The second kappa shape index (κ2) is 10.4. The molecule has 24 heavy (non-hydrogen) atoms. The van der Waals surface area contributed by atoms with Crippen LogP contribution in [0.15, 0.2) is 0 Å². The third kappa shape index (κ3) is 13.5. The molecule has 0 amide bonds. The average molecular weight is 403 g/mol. The van der Waals surface area contributed by atoms with Crippen molar-refractivity contribution in [2.45, 2.75) is 60.3 Å². The predicted molar refractivity (Wildman–Crippen MR) is 104 cm³/mol. The third-order valence-corrected chi connectivity index (χ3v) is 8.16. The SMILES string of the molecule is CCC(C)(C)CCS(=O)CCS(=O)CCC(C)(C)CCS(=O)(=O)O. The molecule has 0 spiro atoms. The van der Waals surface area contributed by atoms with Gasteiger partial charge in [-0.25, -0.2) is 0 Å². The van der Waals surface area contributed by atoms with Crippen molar-refractivity contribution in [1.82, 2.24) is 0 Å². The van der Waals surface area contributed by atoms with Gasteiger partial charge >= 0.3 is 0 Å². The van der Waals surface area contributed by atoms with Crippen LogP contribution >= 0.6 is 0 Å². The average Bonchev–Trinajstić information content (AvgIpc) is 2.46. The fourth-order valence-corrected chi connectivity index (χ4v) is 6.14. The Hall–Kier alpha value is 0.210. The van der Waals surface area contributed by atoms with Crippen molar-refractivity contribution in [3.05, 3.63) is 0 Å². The maximum absolute atomic E-state index is 12.1. The van der Waals surface area contributed by atoms with Crippen LogP contribution in [0, 0.1) is 10.8 Å². The van der Waals surface area contributed by atoms with Crippen molar-refractivity contribution in [3.63, 3.8) is 0 Å². The Morgan fingerprint density at radius 3 is 1.58 bits per heavy atom. The molecular formula is C16H34O5S3. The molecule has 1 N–H and O–H groups in total. The monoisotopic (exact) mass is 402 g/mol. The van der Waals surface area contributed by atoms with E-state index in [1.807, 2.05) is 13.8 Å². The zero-order valence-corrected chi connectivity index (χ0v) is 18.1. The quantitative estimate of drug-likeness (QED) is 0.478. The van der Waals surface area contributed by atoms with Crippen LogP contribution < -0.4 is 0 Å². The molecule has 0 aromatic heterocycles. The molecule has 0 aliphatic rings. The zero-order chi connectivity index (χ0) is 19.0. The first-order valence-electron chi connectivity index (χ1n) is 8.41. The summed E-state index contributed by atoms with van der Waals surface area (Å²) in [6.45, 7) is 10.3. The Balaban J connectivity index is 4.07. The summed E-state index contributed by atoms with van der Waals surface area (Å²) in [4.78, 5) is 0. The molecule has 8 heteroatoms. The Kier molecular flexibility index (Phi) is 10.5. The Morgan fingerprint density at radius 1 is 0.792 bits per heavy atom. The first-order chi connectivity index (χ1) is 10.8. The van der Waals surface area contributed by atoms with Gasteiger partial charge in [0.05, 0.1) is 5.75 Å². The first-order valence-corrected chi connectivity index (χ1v) is 13.0. The third-order valence-electron chi connectivity index (χ3n) is 4.55. The molecule has 0 radical (unpaired) electrons. The lowest BCUT2D eigenvalue weighted by Crippen LogP contribution is -2.22. The fraction of sp³-hybridized carbons (Fsp3) is 1.00. The molecule has 5 nitrogen and oxygen atoms in total. The standard InChI is InChI=1S/C16H34O5S3/c1-6-15(2,3)7-10-22(17)12-13-23(18)11-8-16(4,5)9-14-24(19,20)21/h6-14H2,1-5H3,(H,19,20,21). The summed E-state index contributed by atoms with van der Waals surface area (Å²) in [5.74, 6) is 1.73. The van der Waals surface area contributed by atoms with Crippen molar-refractivity contribution >= 4 is 31.7 Å². The van der Waals surface area contributed by atoms with Gasteiger partial charge in [0.2, 0.25) is 0 Å². The molecule has 0 aliphatic carbocycles. The molecule has 0 aromatic carbocycles. The molecule has 0 fully saturated rings. The molecule has 0 saturated heterocycles. The zero-order valence-electron chi connectivity index (χ0n) is 15.7.